The van der Waals surface area contributed by atoms with Gasteiger partial charge in [0.15, 0.2) is 0 Å². The van der Waals surface area contributed by atoms with Crippen LogP contribution in [-0.4, -0.2) is 17.1 Å². The molecule has 3 rings (SSSR count). The van der Waals surface area contributed by atoms with E-state index in [4.69, 9.17) is 0 Å². The van der Waals surface area contributed by atoms with Crippen LogP contribution in [0.15, 0.2) is 65.2 Å². The van der Waals surface area contributed by atoms with E-state index in [-0.39, 0.29) is 16.7 Å². The SMILES string of the molecule is Cc1ccc(N2C(=O)[C@@H](C)S/C2=C(\C#N)C(=O)NCc2ccccc2)cc1. The molecular weight excluding hydrogens is 358 g/mol. The number of carbonyl (C=O) groups excluding carboxylic acids is 2. The third kappa shape index (κ3) is 4.04. The molecule has 0 spiro atoms. The van der Waals surface area contributed by atoms with Crippen LogP contribution in [0.4, 0.5) is 5.69 Å². The number of nitriles is 1. The topological polar surface area (TPSA) is 73.2 Å². The normalized spacial score (nSPS) is 18.2. The molecule has 0 aromatic heterocycles. The molecule has 27 heavy (non-hydrogen) atoms. The van der Waals surface area contributed by atoms with Crippen LogP contribution in [0.25, 0.3) is 0 Å². The maximum Gasteiger partial charge on any atom is 0.264 e. The molecule has 2 aromatic rings. The lowest BCUT2D eigenvalue weighted by Gasteiger charge is -2.18. The fourth-order valence-electron chi connectivity index (χ4n) is 2.72. The summed E-state index contributed by atoms with van der Waals surface area (Å²) in [4.78, 5) is 26.8. The first-order valence-corrected chi connectivity index (χ1v) is 9.43. The van der Waals surface area contributed by atoms with Gasteiger partial charge >= 0.3 is 0 Å². The summed E-state index contributed by atoms with van der Waals surface area (Å²) in [5.41, 5.74) is 2.61. The van der Waals surface area contributed by atoms with E-state index >= 15 is 0 Å². The highest BCUT2D eigenvalue weighted by Gasteiger charge is 2.38. The summed E-state index contributed by atoms with van der Waals surface area (Å²) in [6, 6.07) is 18.9. The Morgan fingerprint density at radius 1 is 1.19 bits per heavy atom. The van der Waals surface area contributed by atoms with Crippen LogP contribution < -0.4 is 10.2 Å². The molecule has 0 bridgehead atoms. The minimum Gasteiger partial charge on any atom is -0.347 e. The molecule has 1 N–H and O–H groups in total. The third-order valence-electron chi connectivity index (χ3n) is 4.20. The molecule has 5 nitrogen and oxygen atoms in total. The maximum atomic E-state index is 12.7. The second-order valence-electron chi connectivity index (χ2n) is 6.23. The van der Waals surface area contributed by atoms with Crippen LogP contribution in [0, 0.1) is 18.3 Å². The van der Waals surface area contributed by atoms with Gasteiger partial charge in [0.1, 0.15) is 16.7 Å². The minimum absolute atomic E-state index is 0.0470. The van der Waals surface area contributed by atoms with Gasteiger partial charge in [-0.15, -0.1) is 0 Å². The monoisotopic (exact) mass is 377 g/mol. The highest BCUT2D eigenvalue weighted by Crippen LogP contribution is 2.40. The van der Waals surface area contributed by atoms with E-state index in [1.165, 1.54) is 16.7 Å². The molecule has 0 unspecified atom stereocenters. The number of anilines is 1. The van der Waals surface area contributed by atoms with E-state index in [9.17, 15) is 14.9 Å². The number of aryl methyl sites for hydroxylation is 1. The number of benzene rings is 2. The van der Waals surface area contributed by atoms with Gasteiger partial charge in [0.25, 0.3) is 5.91 Å². The molecule has 1 aliphatic heterocycles. The van der Waals surface area contributed by atoms with Crippen molar-refractivity contribution in [1.29, 1.82) is 5.26 Å². The van der Waals surface area contributed by atoms with Crippen molar-refractivity contribution in [2.45, 2.75) is 25.6 Å². The smallest absolute Gasteiger partial charge is 0.264 e. The zero-order chi connectivity index (χ0) is 19.4. The summed E-state index contributed by atoms with van der Waals surface area (Å²) in [7, 11) is 0. The second-order valence-corrected chi connectivity index (χ2v) is 7.56. The summed E-state index contributed by atoms with van der Waals surface area (Å²) >= 11 is 1.24. The predicted molar refractivity (Wildman–Crippen MR) is 107 cm³/mol. The van der Waals surface area contributed by atoms with Crippen molar-refractivity contribution in [3.8, 4) is 6.07 Å². The number of nitrogens with zero attached hydrogens (tertiary/aromatic N) is 2. The Balaban J connectivity index is 1.91. The molecule has 0 aliphatic carbocycles. The van der Waals surface area contributed by atoms with Crippen LogP contribution in [0.5, 0.6) is 0 Å². The standard InChI is InChI=1S/C21H19N3O2S/c1-14-8-10-17(11-9-14)24-20(26)15(2)27-21(24)18(12-22)19(25)23-13-16-6-4-3-5-7-16/h3-11,15H,13H2,1-2H3,(H,23,25)/b21-18+/t15-/m1/s1. The summed E-state index contributed by atoms with van der Waals surface area (Å²) in [6.45, 7) is 4.05. The van der Waals surface area contributed by atoms with Gasteiger partial charge in [-0.2, -0.15) is 5.26 Å². The Morgan fingerprint density at radius 2 is 1.85 bits per heavy atom. The summed E-state index contributed by atoms with van der Waals surface area (Å²) in [5, 5.41) is 12.4. The van der Waals surface area contributed by atoms with Crippen molar-refractivity contribution >= 4 is 29.3 Å². The quantitative estimate of drug-likeness (QED) is 0.654. The van der Waals surface area contributed by atoms with E-state index < -0.39 is 5.91 Å². The number of amides is 2. The van der Waals surface area contributed by atoms with Crippen LogP contribution in [0.1, 0.15) is 18.1 Å². The predicted octanol–water partition coefficient (Wildman–Crippen LogP) is 3.51. The molecule has 0 saturated carbocycles. The van der Waals surface area contributed by atoms with Gasteiger partial charge in [-0.25, -0.2) is 0 Å². The van der Waals surface area contributed by atoms with Crippen LogP contribution in [0.2, 0.25) is 0 Å². The lowest BCUT2D eigenvalue weighted by Crippen LogP contribution is -2.30. The van der Waals surface area contributed by atoms with Crippen molar-refractivity contribution in [2.75, 3.05) is 4.90 Å². The first-order chi connectivity index (χ1) is 13.0. The average molecular weight is 377 g/mol. The average Bonchev–Trinajstić information content (AvgIpc) is 2.97. The zero-order valence-electron chi connectivity index (χ0n) is 15.1. The summed E-state index contributed by atoms with van der Waals surface area (Å²) < 4.78 is 0. The van der Waals surface area contributed by atoms with Gasteiger partial charge < -0.3 is 5.32 Å². The molecule has 2 amide bonds. The van der Waals surface area contributed by atoms with Gasteiger partial charge in [-0.05, 0) is 31.5 Å². The molecule has 1 atom stereocenters. The van der Waals surface area contributed by atoms with E-state index in [2.05, 4.69) is 5.32 Å². The van der Waals surface area contributed by atoms with Gasteiger partial charge in [0, 0.05) is 12.2 Å². The fourth-order valence-corrected chi connectivity index (χ4v) is 3.82. The Bertz CT molecular complexity index is 930. The lowest BCUT2D eigenvalue weighted by atomic mass is 10.2. The number of nitrogens with one attached hydrogen (secondary N) is 1. The van der Waals surface area contributed by atoms with Crippen molar-refractivity contribution in [1.82, 2.24) is 5.32 Å². The van der Waals surface area contributed by atoms with E-state index in [1.54, 1.807) is 6.92 Å². The van der Waals surface area contributed by atoms with Crippen LogP contribution >= 0.6 is 11.8 Å². The van der Waals surface area contributed by atoms with E-state index in [0.717, 1.165) is 11.1 Å². The van der Waals surface area contributed by atoms with E-state index in [0.29, 0.717) is 17.3 Å². The first kappa shape index (κ1) is 18.7. The van der Waals surface area contributed by atoms with Crippen molar-refractivity contribution in [2.24, 2.45) is 0 Å². The van der Waals surface area contributed by atoms with Crippen molar-refractivity contribution < 1.29 is 9.59 Å². The number of hydrogen-bond acceptors (Lipinski definition) is 4. The highest BCUT2D eigenvalue weighted by molar-refractivity contribution is 8.05. The van der Waals surface area contributed by atoms with Gasteiger partial charge in [0.05, 0.1) is 5.25 Å². The fraction of sp³-hybridized carbons (Fsp3) is 0.190. The number of carbonyl (C=O) groups is 2. The second kappa shape index (κ2) is 8.11. The minimum atomic E-state index is -0.483. The Kier molecular flexibility index (Phi) is 5.63. The van der Waals surface area contributed by atoms with Crippen molar-refractivity contribution in [3.63, 3.8) is 0 Å². The van der Waals surface area contributed by atoms with Gasteiger partial charge in [-0.3, -0.25) is 14.5 Å². The highest BCUT2D eigenvalue weighted by atomic mass is 32.2. The van der Waals surface area contributed by atoms with Crippen LogP contribution in [0.3, 0.4) is 0 Å². The zero-order valence-corrected chi connectivity index (χ0v) is 15.9. The molecule has 1 heterocycles. The lowest BCUT2D eigenvalue weighted by molar-refractivity contribution is -0.117. The molecule has 1 aliphatic rings. The molecule has 6 heteroatoms. The first-order valence-electron chi connectivity index (χ1n) is 8.55. The number of thioether (sulfide) groups is 1. The number of hydrogen-bond donors (Lipinski definition) is 1. The molecule has 1 saturated heterocycles. The third-order valence-corrected chi connectivity index (χ3v) is 5.37. The number of rotatable bonds is 4. The summed E-state index contributed by atoms with van der Waals surface area (Å²) in [6.07, 6.45) is 0. The molecule has 1 fully saturated rings. The molecular formula is C21H19N3O2S. The Labute approximate surface area is 162 Å². The largest absolute Gasteiger partial charge is 0.347 e. The molecule has 0 radical (unpaired) electrons. The Morgan fingerprint density at radius 3 is 2.48 bits per heavy atom. The summed E-state index contributed by atoms with van der Waals surface area (Å²) in [5.74, 6) is -0.620. The van der Waals surface area contributed by atoms with Crippen LogP contribution in [-0.2, 0) is 16.1 Å². The molecule has 2 aromatic carbocycles. The van der Waals surface area contributed by atoms with Gasteiger partial charge in [-0.1, -0.05) is 59.8 Å². The van der Waals surface area contributed by atoms with Crippen molar-refractivity contribution in [3.05, 3.63) is 76.3 Å². The Hall–Kier alpha value is -3.04. The molecule has 136 valence electrons. The maximum absolute atomic E-state index is 12.7. The van der Waals surface area contributed by atoms with Gasteiger partial charge in [0.2, 0.25) is 5.91 Å². The van der Waals surface area contributed by atoms with E-state index in [1.807, 2.05) is 67.6 Å².